The van der Waals surface area contributed by atoms with Crippen LogP contribution in [0.4, 0.5) is 13.2 Å². The number of hydrogen-bond donors (Lipinski definition) is 0. The van der Waals surface area contributed by atoms with Crippen LogP contribution in [-0.2, 0) is 25.3 Å². The van der Waals surface area contributed by atoms with Gasteiger partial charge in [0.15, 0.2) is 5.78 Å². The van der Waals surface area contributed by atoms with E-state index in [-0.39, 0.29) is 18.6 Å². The largest absolute Gasteiger partial charge is 0.468 e. The molecule has 2 rings (SSSR count). The van der Waals surface area contributed by atoms with E-state index in [4.69, 9.17) is 4.74 Å². The standard InChI is InChI=1S/C18H19F3O4S/c1-17(16(24)25-2)12(9-13(22)10-15(17)23)7-8-26-14-5-3-11(4-6-14)18(19,20)21/h3-6,12H,7-10H2,1-2H3. The van der Waals surface area contributed by atoms with Gasteiger partial charge in [-0.2, -0.15) is 13.2 Å². The Labute approximate surface area is 153 Å². The number of ketones is 2. The lowest BCUT2D eigenvalue weighted by Crippen LogP contribution is -2.49. The Bertz CT molecular complexity index is 699. The van der Waals surface area contributed by atoms with Crippen molar-refractivity contribution in [1.29, 1.82) is 0 Å². The monoisotopic (exact) mass is 388 g/mol. The van der Waals surface area contributed by atoms with Gasteiger partial charge in [0, 0.05) is 11.3 Å². The molecule has 0 amide bonds. The fourth-order valence-corrected chi connectivity index (χ4v) is 4.05. The average molecular weight is 388 g/mol. The molecule has 1 fully saturated rings. The molecule has 0 bridgehead atoms. The van der Waals surface area contributed by atoms with Gasteiger partial charge in [-0.05, 0) is 49.3 Å². The van der Waals surface area contributed by atoms with E-state index < -0.39 is 34.8 Å². The molecule has 1 aliphatic carbocycles. The number of esters is 1. The predicted octanol–water partition coefficient (Wildman–Crippen LogP) is 3.92. The van der Waals surface area contributed by atoms with Crippen molar-refractivity contribution >= 4 is 29.3 Å². The number of ether oxygens (including phenoxy) is 1. The van der Waals surface area contributed by atoms with Gasteiger partial charge in [0.05, 0.1) is 19.1 Å². The fourth-order valence-electron chi connectivity index (χ4n) is 3.08. The van der Waals surface area contributed by atoms with Crippen LogP contribution in [0.15, 0.2) is 29.2 Å². The summed E-state index contributed by atoms with van der Waals surface area (Å²) in [5, 5.41) is 0. The van der Waals surface area contributed by atoms with Crippen LogP contribution in [0.5, 0.6) is 0 Å². The zero-order valence-electron chi connectivity index (χ0n) is 14.4. The number of alkyl halides is 3. The summed E-state index contributed by atoms with van der Waals surface area (Å²) in [7, 11) is 1.20. The van der Waals surface area contributed by atoms with Crippen molar-refractivity contribution in [3.63, 3.8) is 0 Å². The van der Waals surface area contributed by atoms with Crippen molar-refractivity contribution in [1.82, 2.24) is 0 Å². The Morgan fingerprint density at radius 2 is 1.88 bits per heavy atom. The molecule has 0 spiro atoms. The highest BCUT2D eigenvalue weighted by atomic mass is 32.2. The van der Waals surface area contributed by atoms with E-state index in [0.717, 1.165) is 12.1 Å². The van der Waals surface area contributed by atoms with E-state index >= 15 is 0 Å². The third kappa shape index (κ3) is 4.28. The minimum absolute atomic E-state index is 0.116. The Morgan fingerprint density at radius 3 is 2.42 bits per heavy atom. The van der Waals surface area contributed by atoms with E-state index in [1.807, 2.05) is 0 Å². The van der Waals surface area contributed by atoms with Crippen molar-refractivity contribution in [2.75, 3.05) is 12.9 Å². The lowest BCUT2D eigenvalue weighted by molar-refractivity contribution is -0.164. The molecule has 1 aliphatic rings. The molecule has 2 unspecified atom stereocenters. The van der Waals surface area contributed by atoms with E-state index in [0.29, 0.717) is 17.1 Å². The number of halogens is 3. The summed E-state index contributed by atoms with van der Waals surface area (Å²) in [5.74, 6) is -1.32. The van der Waals surface area contributed by atoms with Gasteiger partial charge in [0.25, 0.3) is 0 Å². The van der Waals surface area contributed by atoms with Crippen molar-refractivity contribution in [2.24, 2.45) is 11.3 Å². The molecule has 0 aliphatic heterocycles. The zero-order valence-corrected chi connectivity index (χ0v) is 15.2. The molecule has 8 heteroatoms. The first kappa shape index (κ1) is 20.5. The van der Waals surface area contributed by atoms with E-state index in [9.17, 15) is 27.6 Å². The van der Waals surface area contributed by atoms with Crippen LogP contribution in [0.1, 0.15) is 31.7 Å². The normalized spacial score (nSPS) is 23.8. The lowest BCUT2D eigenvalue weighted by Gasteiger charge is -2.36. The van der Waals surface area contributed by atoms with Crippen LogP contribution < -0.4 is 0 Å². The van der Waals surface area contributed by atoms with Gasteiger partial charge >= 0.3 is 12.1 Å². The molecular weight excluding hydrogens is 369 g/mol. The number of hydrogen-bond acceptors (Lipinski definition) is 5. The Hall–Kier alpha value is -1.83. The third-order valence-electron chi connectivity index (χ3n) is 4.75. The molecular formula is C18H19F3O4S. The van der Waals surface area contributed by atoms with Gasteiger partial charge in [-0.1, -0.05) is 0 Å². The molecule has 1 saturated carbocycles. The highest BCUT2D eigenvalue weighted by Crippen LogP contribution is 2.41. The van der Waals surface area contributed by atoms with Crippen LogP contribution in [-0.4, -0.2) is 30.4 Å². The first-order chi connectivity index (χ1) is 12.1. The molecule has 0 heterocycles. The number of carbonyl (C=O) groups excluding carboxylic acids is 3. The second-order valence-corrected chi connectivity index (χ2v) is 7.56. The van der Waals surface area contributed by atoms with Gasteiger partial charge in [0.2, 0.25) is 0 Å². The average Bonchev–Trinajstić information content (AvgIpc) is 2.58. The Morgan fingerprint density at radius 1 is 1.27 bits per heavy atom. The van der Waals surface area contributed by atoms with Crippen molar-refractivity contribution in [3.05, 3.63) is 29.8 Å². The number of thioether (sulfide) groups is 1. The van der Waals surface area contributed by atoms with Crippen molar-refractivity contribution in [3.8, 4) is 0 Å². The van der Waals surface area contributed by atoms with E-state index in [1.54, 1.807) is 0 Å². The number of methoxy groups -OCH3 is 1. The van der Waals surface area contributed by atoms with Crippen LogP contribution in [0, 0.1) is 11.3 Å². The van der Waals surface area contributed by atoms with Crippen LogP contribution in [0.2, 0.25) is 0 Å². The molecule has 0 radical (unpaired) electrons. The number of benzene rings is 1. The first-order valence-corrected chi connectivity index (χ1v) is 9.01. The first-order valence-electron chi connectivity index (χ1n) is 8.02. The lowest BCUT2D eigenvalue weighted by atomic mass is 9.65. The molecule has 26 heavy (non-hydrogen) atoms. The van der Waals surface area contributed by atoms with Gasteiger partial charge in [-0.25, -0.2) is 0 Å². The summed E-state index contributed by atoms with van der Waals surface area (Å²) in [4.78, 5) is 36.8. The molecule has 142 valence electrons. The maximum atomic E-state index is 12.6. The van der Waals surface area contributed by atoms with Gasteiger partial charge in [-0.15, -0.1) is 11.8 Å². The third-order valence-corrected chi connectivity index (χ3v) is 5.80. The second-order valence-electron chi connectivity index (χ2n) is 6.39. The molecule has 0 N–H and O–H groups in total. The summed E-state index contributed by atoms with van der Waals surface area (Å²) in [6.45, 7) is 1.50. The van der Waals surface area contributed by atoms with Crippen LogP contribution in [0.25, 0.3) is 0 Å². The van der Waals surface area contributed by atoms with E-state index in [1.165, 1.54) is 37.9 Å². The number of Topliss-reactive ketones (excluding diaryl/α,β-unsaturated/α-hetero) is 2. The minimum Gasteiger partial charge on any atom is -0.468 e. The fraction of sp³-hybridized carbons (Fsp3) is 0.500. The summed E-state index contributed by atoms with van der Waals surface area (Å²) >= 11 is 1.31. The summed E-state index contributed by atoms with van der Waals surface area (Å²) < 4.78 is 42.5. The summed E-state index contributed by atoms with van der Waals surface area (Å²) in [6.07, 6.45) is -4.14. The minimum atomic E-state index is -4.38. The van der Waals surface area contributed by atoms with Gasteiger partial charge in [-0.3, -0.25) is 14.4 Å². The smallest absolute Gasteiger partial charge is 0.416 e. The SMILES string of the molecule is COC(=O)C1(C)C(=O)CC(=O)CC1CCSc1ccc(C(F)(F)F)cc1. The number of rotatable bonds is 5. The zero-order chi connectivity index (χ0) is 19.5. The highest BCUT2D eigenvalue weighted by molar-refractivity contribution is 7.99. The molecule has 1 aromatic rings. The molecule has 1 aromatic carbocycles. The van der Waals surface area contributed by atoms with Gasteiger partial charge < -0.3 is 4.74 Å². The highest BCUT2D eigenvalue weighted by Gasteiger charge is 2.52. The van der Waals surface area contributed by atoms with Crippen molar-refractivity contribution < 1.29 is 32.3 Å². The molecule has 0 saturated heterocycles. The van der Waals surface area contributed by atoms with Crippen molar-refractivity contribution in [2.45, 2.75) is 37.3 Å². The topological polar surface area (TPSA) is 60.4 Å². The van der Waals surface area contributed by atoms with Gasteiger partial charge in [0.1, 0.15) is 11.2 Å². The maximum Gasteiger partial charge on any atom is 0.416 e. The number of carbonyl (C=O) groups is 3. The van der Waals surface area contributed by atoms with Crippen LogP contribution in [0.3, 0.4) is 0 Å². The molecule has 4 nitrogen and oxygen atoms in total. The maximum absolute atomic E-state index is 12.6. The predicted molar refractivity (Wildman–Crippen MR) is 89.6 cm³/mol. The Balaban J connectivity index is 2.03. The van der Waals surface area contributed by atoms with E-state index in [2.05, 4.69) is 0 Å². The summed E-state index contributed by atoms with van der Waals surface area (Å²) in [6, 6.07) is 4.78. The van der Waals surface area contributed by atoms with Crippen LogP contribution >= 0.6 is 11.8 Å². The quantitative estimate of drug-likeness (QED) is 0.435. The molecule has 2 atom stereocenters. The molecule has 0 aromatic heterocycles. The Kier molecular flexibility index (Phi) is 6.16. The second kappa shape index (κ2) is 7.82. The summed E-state index contributed by atoms with van der Waals surface area (Å²) in [5.41, 5.74) is -2.08.